The van der Waals surface area contributed by atoms with E-state index in [1.807, 2.05) is 25.7 Å². The Hall–Kier alpha value is -0.620. The van der Waals surface area contributed by atoms with Gasteiger partial charge in [-0.05, 0) is 5.41 Å². The minimum absolute atomic E-state index is 0.0591. The standard InChI is InChI=1S/C11H21NO4S/c1-11(2,3)9(8-10(13)14)12-4-6-17(15,16)7-5-12/h9H,4-8H2,1-3H3,(H,13,14). The van der Waals surface area contributed by atoms with Crippen molar-refractivity contribution in [2.45, 2.75) is 33.2 Å². The van der Waals surface area contributed by atoms with Crippen molar-refractivity contribution >= 4 is 15.8 Å². The van der Waals surface area contributed by atoms with Gasteiger partial charge in [0, 0.05) is 19.1 Å². The zero-order valence-electron chi connectivity index (χ0n) is 10.6. The van der Waals surface area contributed by atoms with Crippen molar-refractivity contribution in [1.29, 1.82) is 0 Å². The van der Waals surface area contributed by atoms with Crippen molar-refractivity contribution in [3.63, 3.8) is 0 Å². The van der Waals surface area contributed by atoms with Crippen molar-refractivity contribution in [3.8, 4) is 0 Å². The lowest BCUT2D eigenvalue weighted by Gasteiger charge is -2.41. The highest BCUT2D eigenvalue weighted by molar-refractivity contribution is 7.91. The summed E-state index contributed by atoms with van der Waals surface area (Å²) >= 11 is 0. The molecule has 0 aliphatic carbocycles. The molecule has 1 saturated heterocycles. The molecule has 0 bridgehead atoms. The second kappa shape index (κ2) is 4.94. The minimum Gasteiger partial charge on any atom is -0.481 e. The molecule has 1 fully saturated rings. The van der Waals surface area contributed by atoms with E-state index in [9.17, 15) is 13.2 Å². The molecule has 1 heterocycles. The Bertz CT molecular complexity index is 369. The molecule has 5 nitrogen and oxygen atoms in total. The third kappa shape index (κ3) is 4.27. The van der Waals surface area contributed by atoms with Crippen LogP contribution in [-0.2, 0) is 14.6 Å². The summed E-state index contributed by atoms with van der Waals surface area (Å²) in [6, 6.07) is -0.115. The fraction of sp³-hybridized carbons (Fsp3) is 0.909. The van der Waals surface area contributed by atoms with Crippen LogP contribution in [0, 0.1) is 5.41 Å². The number of carboxylic acid groups (broad SMARTS) is 1. The fourth-order valence-corrected chi connectivity index (χ4v) is 3.42. The van der Waals surface area contributed by atoms with E-state index >= 15 is 0 Å². The fourth-order valence-electron chi connectivity index (χ4n) is 2.19. The highest BCUT2D eigenvalue weighted by Crippen LogP contribution is 2.28. The Kier molecular flexibility index (Phi) is 4.19. The Morgan fingerprint density at radius 2 is 1.76 bits per heavy atom. The molecule has 0 spiro atoms. The van der Waals surface area contributed by atoms with Crippen LogP contribution in [0.5, 0.6) is 0 Å². The van der Waals surface area contributed by atoms with Gasteiger partial charge in [0.25, 0.3) is 0 Å². The van der Waals surface area contributed by atoms with Gasteiger partial charge in [0.15, 0.2) is 9.84 Å². The molecule has 1 aliphatic rings. The maximum Gasteiger partial charge on any atom is 0.304 e. The van der Waals surface area contributed by atoms with Crippen LogP contribution in [0.15, 0.2) is 0 Å². The van der Waals surface area contributed by atoms with Crippen LogP contribution < -0.4 is 0 Å². The van der Waals surface area contributed by atoms with Gasteiger partial charge in [-0.2, -0.15) is 0 Å². The summed E-state index contributed by atoms with van der Waals surface area (Å²) in [7, 11) is -2.91. The normalized spacial score (nSPS) is 23.2. The van der Waals surface area contributed by atoms with E-state index in [0.29, 0.717) is 13.1 Å². The first-order valence-electron chi connectivity index (χ1n) is 5.78. The summed E-state index contributed by atoms with van der Waals surface area (Å²) in [5.41, 5.74) is -0.167. The molecule has 1 atom stereocenters. The van der Waals surface area contributed by atoms with E-state index in [0.717, 1.165) is 0 Å². The van der Waals surface area contributed by atoms with Gasteiger partial charge < -0.3 is 5.11 Å². The number of carboxylic acids is 1. The molecule has 1 unspecified atom stereocenters. The van der Waals surface area contributed by atoms with Gasteiger partial charge >= 0.3 is 5.97 Å². The quantitative estimate of drug-likeness (QED) is 0.807. The monoisotopic (exact) mass is 263 g/mol. The minimum atomic E-state index is -2.91. The van der Waals surface area contributed by atoms with Crippen molar-refractivity contribution in [2.75, 3.05) is 24.6 Å². The van der Waals surface area contributed by atoms with Crippen molar-refractivity contribution < 1.29 is 18.3 Å². The largest absolute Gasteiger partial charge is 0.481 e. The zero-order valence-corrected chi connectivity index (χ0v) is 11.5. The molecule has 100 valence electrons. The first kappa shape index (κ1) is 14.4. The molecular weight excluding hydrogens is 242 g/mol. The second-order valence-corrected chi connectivity index (χ2v) is 7.97. The first-order chi connectivity index (χ1) is 7.62. The molecule has 1 N–H and O–H groups in total. The number of aliphatic carboxylic acids is 1. The third-order valence-corrected chi connectivity index (χ3v) is 4.80. The summed E-state index contributed by atoms with van der Waals surface area (Å²) in [4.78, 5) is 12.9. The molecule has 17 heavy (non-hydrogen) atoms. The van der Waals surface area contributed by atoms with Crippen LogP contribution >= 0.6 is 0 Å². The number of carbonyl (C=O) groups is 1. The van der Waals surface area contributed by atoms with Crippen LogP contribution in [0.1, 0.15) is 27.2 Å². The highest BCUT2D eigenvalue weighted by Gasteiger charge is 2.35. The Morgan fingerprint density at radius 1 is 1.29 bits per heavy atom. The molecule has 0 aromatic rings. The summed E-state index contributed by atoms with van der Waals surface area (Å²) < 4.78 is 22.7. The van der Waals surface area contributed by atoms with E-state index in [4.69, 9.17) is 5.11 Å². The summed E-state index contributed by atoms with van der Waals surface area (Å²) in [6.45, 7) is 6.85. The highest BCUT2D eigenvalue weighted by atomic mass is 32.2. The van der Waals surface area contributed by atoms with Crippen LogP contribution in [0.2, 0.25) is 0 Å². The average Bonchev–Trinajstić information content (AvgIpc) is 2.13. The lowest BCUT2D eigenvalue weighted by Crippen LogP contribution is -2.51. The van der Waals surface area contributed by atoms with Gasteiger partial charge in [-0.15, -0.1) is 0 Å². The predicted molar refractivity (Wildman–Crippen MR) is 65.7 cm³/mol. The number of hydrogen-bond donors (Lipinski definition) is 1. The third-order valence-electron chi connectivity index (χ3n) is 3.19. The molecule has 0 aromatic heterocycles. The van der Waals surface area contributed by atoms with Crippen LogP contribution in [-0.4, -0.2) is 55.0 Å². The predicted octanol–water partition coefficient (Wildman–Crippen LogP) is 0.606. The van der Waals surface area contributed by atoms with Gasteiger partial charge in [0.2, 0.25) is 0 Å². The molecular formula is C11H21NO4S. The van der Waals surface area contributed by atoms with Crippen LogP contribution in [0.3, 0.4) is 0 Å². The van der Waals surface area contributed by atoms with E-state index in [-0.39, 0.29) is 29.4 Å². The van der Waals surface area contributed by atoms with E-state index in [1.165, 1.54) is 0 Å². The Morgan fingerprint density at radius 3 is 2.12 bits per heavy atom. The average molecular weight is 263 g/mol. The smallest absolute Gasteiger partial charge is 0.304 e. The van der Waals surface area contributed by atoms with Gasteiger partial charge in [-0.25, -0.2) is 8.42 Å². The van der Waals surface area contributed by atoms with Crippen LogP contribution in [0.4, 0.5) is 0 Å². The van der Waals surface area contributed by atoms with E-state index < -0.39 is 15.8 Å². The molecule has 1 rings (SSSR count). The second-order valence-electron chi connectivity index (χ2n) is 5.67. The Labute approximate surface area is 103 Å². The molecule has 0 amide bonds. The van der Waals surface area contributed by atoms with Crippen LogP contribution in [0.25, 0.3) is 0 Å². The maximum absolute atomic E-state index is 11.3. The van der Waals surface area contributed by atoms with Gasteiger partial charge in [-0.1, -0.05) is 20.8 Å². The van der Waals surface area contributed by atoms with Crippen molar-refractivity contribution in [2.24, 2.45) is 5.41 Å². The summed E-state index contributed by atoms with van der Waals surface area (Å²) in [5.74, 6) is -0.559. The van der Waals surface area contributed by atoms with Gasteiger partial charge in [-0.3, -0.25) is 9.69 Å². The number of rotatable bonds is 3. The summed E-state index contributed by atoms with van der Waals surface area (Å²) in [6.07, 6.45) is 0.0591. The molecule has 1 aliphatic heterocycles. The van der Waals surface area contributed by atoms with Crippen molar-refractivity contribution in [1.82, 2.24) is 4.90 Å². The molecule has 0 radical (unpaired) electrons. The molecule has 6 heteroatoms. The lowest BCUT2D eigenvalue weighted by atomic mass is 9.83. The number of sulfone groups is 1. The maximum atomic E-state index is 11.3. The topological polar surface area (TPSA) is 74.7 Å². The van der Waals surface area contributed by atoms with Crippen molar-refractivity contribution in [3.05, 3.63) is 0 Å². The zero-order chi connectivity index (χ0) is 13.3. The summed E-state index contributed by atoms with van der Waals surface area (Å²) in [5, 5.41) is 8.94. The lowest BCUT2D eigenvalue weighted by molar-refractivity contribution is -0.139. The van der Waals surface area contributed by atoms with Gasteiger partial charge in [0.1, 0.15) is 0 Å². The first-order valence-corrected chi connectivity index (χ1v) is 7.60. The van der Waals surface area contributed by atoms with E-state index in [2.05, 4.69) is 0 Å². The van der Waals surface area contributed by atoms with Gasteiger partial charge in [0.05, 0.1) is 17.9 Å². The SMILES string of the molecule is CC(C)(C)C(CC(=O)O)N1CCS(=O)(=O)CC1. The Balaban J connectivity index is 2.76. The molecule has 0 saturated carbocycles. The number of nitrogens with zero attached hydrogens (tertiary/aromatic N) is 1. The number of hydrogen-bond acceptors (Lipinski definition) is 4. The van der Waals surface area contributed by atoms with E-state index in [1.54, 1.807) is 0 Å². The molecule has 0 aromatic carbocycles.